The van der Waals surface area contributed by atoms with Crippen molar-refractivity contribution in [2.45, 2.75) is 13.3 Å². The minimum absolute atomic E-state index is 0.0462. The molecule has 0 aliphatic rings. The Morgan fingerprint density at radius 1 is 1.29 bits per heavy atom. The standard InChI is InChI=1S/C16H17BrN2O2/c1-2-8-19(13-5-3-4-12(18)10-13)16(21)11-6-7-14(17)15(20)9-11/h3-7,9-10,20H,2,8,18H2,1H3. The molecule has 5 heteroatoms. The Kier molecular flexibility index (Phi) is 4.85. The van der Waals surface area contributed by atoms with Crippen molar-refractivity contribution in [3.8, 4) is 5.75 Å². The summed E-state index contributed by atoms with van der Waals surface area (Å²) in [6.45, 7) is 2.59. The molecule has 4 nitrogen and oxygen atoms in total. The van der Waals surface area contributed by atoms with Crippen LogP contribution in [0, 0.1) is 0 Å². The number of hydrogen-bond donors (Lipinski definition) is 2. The van der Waals surface area contributed by atoms with Gasteiger partial charge in [0.25, 0.3) is 5.91 Å². The van der Waals surface area contributed by atoms with Crippen molar-refractivity contribution in [2.24, 2.45) is 0 Å². The van der Waals surface area contributed by atoms with Crippen LogP contribution in [0.5, 0.6) is 5.75 Å². The van der Waals surface area contributed by atoms with E-state index in [9.17, 15) is 9.90 Å². The number of carbonyl (C=O) groups is 1. The third kappa shape index (κ3) is 3.55. The van der Waals surface area contributed by atoms with Gasteiger partial charge in [0, 0.05) is 23.5 Å². The lowest BCUT2D eigenvalue weighted by molar-refractivity contribution is 0.0986. The summed E-state index contributed by atoms with van der Waals surface area (Å²) in [5.41, 5.74) is 7.59. The number of phenols is 1. The van der Waals surface area contributed by atoms with E-state index in [1.165, 1.54) is 6.07 Å². The van der Waals surface area contributed by atoms with E-state index in [0.29, 0.717) is 22.3 Å². The number of benzene rings is 2. The third-order valence-electron chi connectivity index (χ3n) is 3.07. The summed E-state index contributed by atoms with van der Waals surface area (Å²) in [6.07, 6.45) is 0.822. The number of hydrogen-bond acceptors (Lipinski definition) is 3. The number of nitrogens with two attached hydrogens (primary N) is 1. The summed E-state index contributed by atoms with van der Waals surface area (Å²) in [6, 6.07) is 12.0. The Bertz CT molecular complexity index is 658. The van der Waals surface area contributed by atoms with E-state index < -0.39 is 0 Å². The maximum absolute atomic E-state index is 12.7. The van der Waals surface area contributed by atoms with Gasteiger partial charge in [-0.2, -0.15) is 0 Å². The summed E-state index contributed by atoms with van der Waals surface area (Å²) in [5.74, 6) is -0.116. The van der Waals surface area contributed by atoms with Crippen molar-refractivity contribution in [1.82, 2.24) is 0 Å². The van der Waals surface area contributed by atoms with Crippen molar-refractivity contribution in [3.05, 3.63) is 52.5 Å². The Labute approximate surface area is 132 Å². The number of halogens is 1. The summed E-state index contributed by atoms with van der Waals surface area (Å²) >= 11 is 3.21. The lowest BCUT2D eigenvalue weighted by Crippen LogP contribution is -2.31. The molecule has 2 aromatic carbocycles. The van der Waals surface area contributed by atoms with Crippen LogP contribution in [0.2, 0.25) is 0 Å². The molecule has 0 unspecified atom stereocenters. The Hall–Kier alpha value is -2.01. The van der Waals surface area contributed by atoms with Gasteiger partial charge in [-0.05, 0) is 58.7 Å². The van der Waals surface area contributed by atoms with Crippen molar-refractivity contribution in [2.75, 3.05) is 17.2 Å². The molecular weight excluding hydrogens is 332 g/mol. The molecular formula is C16H17BrN2O2. The molecule has 0 radical (unpaired) electrons. The van der Waals surface area contributed by atoms with Gasteiger partial charge in [0.15, 0.2) is 0 Å². The first-order valence-corrected chi connectivity index (χ1v) is 7.48. The monoisotopic (exact) mass is 348 g/mol. The zero-order valence-electron chi connectivity index (χ0n) is 11.7. The SMILES string of the molecule is CCCN(C(=O)c1ccc(Br)c(O)c1)c1cccc(N)c1. The highest BCUT2D eigenvalue weighted by Crippen LogP contribution is 2.26. The molecule has 0 saturated heterocycles. The number of nitrogens with zero attached hydrogens (tertiary/aromatic N) is 1. The smallest absolute Gasteiger partial charge is 0.258 e. The quantitative estimate of drug-likeness (QED) is 0.826. The van der Waals surface area contributed by atoms with E-state index in [1.54, 1.807) is 29.2 Å². The van der Waals surface area contributed by atoms with E-state index in [2.05, 4.69) is 15.9 Å². The summed E-state index contributed by atoms with van der Waals surface area (Å²) in [4.78, 5) is 14.3. The van der Waals surface area contributed by atoms with Crippen LogP contribution < -0.4 is 10.6 Å². The predicted octanol–water partition coefficient (Wildman–Crippen LogP) is 3.79. The van der Waals surface area contributed by atoms with Gasteiger partial charge >= 0.3 is 0 Å². The van der Waals surface area contributed by atoms with E-state index in [-0.39, 0.29) is 11.7 Å². The zero-order valence-corrected chi connectivity index (χ0v) is 13.3. The van der Waals surface area contributed by atoms with E-state index in [4.69, 9.17) is 5.73 Å². The number of anilines is 2. The Morgan fingerprint density at radius 3 is 2.67 bits per heavy atom. The van der Waals surface area contributed by atoms with Crippen molar-refractivity contribution in [3.63, 3.8) is 0 Å². The highest BCUT2D eigenvalue weighted by molar-refractivity contribution is 9.10. The van der Waals surface area contributed by atoms with Crippen LogP contribution in [0.4, 0.5) is 11.4 Å². The van der Waals surface area contributed by atoms with Crippen LogP contribution in [0.1, 0.15) is 23.7 Å². The Morgan fingerprint density at radius 2 is 2.05 bits per heavy atom. The summed E-state index contributed by atoms with van der Waals surface area (Å²) in [5, 5.41) is 9.74. The number of carbonyl (C=O) groups excluding carboxylic acids is 1. The third-order valence-corrected chi connectivity index (χ3v) is 3.74. The molecule has 2 rings (SSSR count). The first-order chi connectivity index (χ1) is 10.0. The number of nitrogen functional groups attached to an aromatic ring is 1. The average molecular weight is 349 g/mol. The van der Waals surface area contributed by atoms with Crippen LogP contribution in [0.15, 0.2) is 46.9 Å². The van der Waals surface area contributed by atoms with Gasteiger partial charge in [0.05, 0.1) is 4.47 Å². The largest absolute Gasteiger partial charge is 0.507 e. The molecule has 0 aliphatic carbocycles. The topological polar surface area (TPSA) is 66.6 Å². The lowest BCUT2D eigenvalue weighted by atomic mass is 10.1. The van der Waals surface area contributed by atoms with Gasteiger partial charge < -0.3 is 15.7 Å². The van der Waals surface area contributed by atoms with Crippen LogP contribution in [0.25, 0.3) is 0 Å². The van der Waals surface area contributed by atoms with Crippen LogP contribution in [-0.4, -0.2) is 17.6 Å². The highest BCUT2D eigenvalue weighted by Gasteiger charge is 2.18. The van der Waals surface area contributed by atoms with Crippen LogP contribution >= 0.6 is 15.9 Å². The fraction of sp³-hybridized carbons (Fsp3) is 0.188. The fourth-order valence-corrected chi connectivity index (χ4v) is 2.31. The maximum atomic E-state index is 12.7. The minimum Gasteiger partial charge on any atom is -0.507 e. The lowest BCUT2D eigenvalue weighted by Gasteiger charge is -2.23. The van der Waals surface area contributed by atoms with Crippen LogP contribution in [0.3, 0.4) is 0 Å². The number of rotatable bonds is 4. The Balaban J connectivity index is 2.37. The molecule has 0 aliphatic heterocycles. The fourth-order valence-electron chi connectivity index (χ4n) is 2.07. The number of amides is 1. The van der Waals surface area contributed by atoms with Crippen molar-refractivity contribution >= 4 is 33.2 Å². The molecule has 21 heavy (non-hydrogen) atoms. The first kappa shape index (κ1) is 15.4. The minimum atomic E-state index is -0.162. The first-order valence-electron chi connectivity index (χ1n) is 6.69. The molecule has 0 fully saturated rings. The summed E-state index contributed by atoms with van der Waals surface area (Å²) in [7, 11) is 0. The van der Waals surface area contributed by atoms with Crippen LogP contribution in [-0.2, 0) is 0 Å². The van der Waals surface area contributed by atoms with E-state index in [0.717, 1.165) is 12.1 Å². The second-order valence-electron chi connectivity index (χ2n) is 4.72. The molecule has 110 valence electrons. The van der Waals surface area contributed by atoms with Gasteiger partial charge in [-0.15, -0.1) is 0 Å². The molecule has 0 aromatic heterocycles. The van der Waals surface area contributed by atoms with Crippen molar-refractivity contribution < 1.29 is 9.90 Å². The molecule has 2 aromatic rings. The van der Waals surface area contributed by atoms with Crippen molar-refractivity contribution in [1.29, 1.82) is 0 Å². The molecule has 0 saturated carbocycles. The number of phenolic OH excluding ortho intramolecular Hbond substituents is 1. The second kappa shape index (κ2) is 6.63. The maximum Gasteiger partial charge on any atom is 0.258 e. The molecule has 0 atom stereocenters. The van der Waals surface area contributed by atoms with Gasteiger partial charge in [0.2, 0.25) is 0 Å². The summed E-state index contributed by atoms with van der Waals surface area (Å²) < 4.78 is 0.560. The molecule has 3 N–H and O–H groups in total. The normalized spacial score (nSPS) is 10.4. The number of aromatic hydroxyl groups is 1. The molecule has 0 spiro atoms. The van der Waals surface area contributed by atoms with E-state index in [1.807, 2.05) is 19.1 Å². The van der Waals surface area contributed by atoms with Gasteiger partial charge in [-0.25, -0.2) is 0 Å². The molecule has 0 bridgehead atoms. The van der Waals surface area contributed by atoms with Gasteiger partial charge in [-0.1, -0.05) is 13.0 Å². The van der Waals surface area contributed by atoms with Gasteiger partial charge in [-0.3, -0.25) is 4.79 Å². The predicted molar refractivity (Wildman–Crippen MR) is 88.6 cm³/mol. The van der Waals surface area contributed by atoms with E-state index >= 15 is 0 Å². The average Bonchev–Trinajstić information content (AvgIpc) is 2.47. The second-order valence-corrected chi connectivity index (χ2v) is 5.57. The molecule has 0 heterocycles. The molecule has 1 amide bonds. The zero-order chi connectivity index (χ0) is 15.4. The van der Waals surface area contributed by atoms with Gasteiger partial charge in [0.1, 0.15) is 5.75 Å². The highest BCUT2D eigenvalue weighted by atomic mass is 79.9.